The Morgan fingerprint density at radius 3 is 1.74 bits per heavy atom. The highest BCUT2D eigenvalue weighted by Gasteiger charge is 2.72. The molecule has 1 heterocycles. The Hall–Kier alpha value is -4.08. The van der Waals surface area contributed by atoms with Crippen molar-refractivity contribution in [1.82, 2.24) is 4.90 Å². The normalized spacial score (nSPS) is 24.7. The van der Waals surface area contributed by atoms with Gasteiger partial charge in [-0.3, -0.25) is 34.2 Å². The van der Waals surface area contributed by atoms with E-state index in [2.05, 4.69) is 0 Å². The minimum atomic E-state index is -1.22. The van der Waals surface area contributed by atoms with Gasteiger partial charge < -0.3 is 4.74 Å². The minimum absolute atomic E-state index is 0.0564. The molecule has 7 rings (SSSR count). The fourth-order valence-corrected chi connectivity index (χ4v) is 7.83. The summed E-state index contributed by atoms with van der Waals surface area (Å²) in [6.07, 6.45) is 1.50. The molecule has 0 spiro atoms. The van der Waals surface area contributed by atoms with Crippen molar-refractivity contribution >= 4 is 52.5 Å². The van der Waals surface area contributed by atoms with Crippen LogP contribution in [0.25, 0.3) is 0 Å². The van der Waals surface area contributed by atoms with E-state index >= 15 is 0 Å². The Kier molecular flexibility index (Phi) is 7.34. The van der Waals surface area contributed by atoms with Crippen molar-refractivity contribution < 1.29 is 28.8 Å². The molecule has 0 saturated carbocycles. The zero-order chi connectivity index (χ0) is 30.5. The van der Waals surface area contributed by atoms with Crippen LogP contribution in [0.4, 0.5) is 5.69 Å². The van der Waals surface area contributed by atoms with E-state index in [-0.39, 0.29) is 36.0 Å². The maximum absolute atomic E-state index is 13.8. The number of non-ortho nitro benzene ring substituents is 1. The SMILES string of the molecule is O=C(CCCCCN1C(=O)[C@@H]2[C@H](C1=O)C1(Cl)c3ccccc3C2(Cl)c2ccccc21)OCC(=O)c1ccc([N+](=O)[O-])cc1. The lowest BCUT2D eigenvalue weighted by Crippen LogP contribution is -2.57. The number of alkyl halides is 2. The van der Waals surface area contributed by atoms with Crippen molar-refractivity contribution in [3.05, 3.63) is 111 Å². The van der Waals surface area contributed by atoms with Gasteiger partial charge in [-0.2, -0.15) is 0 Å². The molecule has 3 aromatic carbocycles. The van der Waals surface area contributed by atoms with Gasteiger partial charge in [0.15, 0.2) is 12.4 Å². The number of esters is 1. The third-order valence-corrected chi connectivity index (χ3v) is 9.99. The maximum Gasteiger partial charge on any atom is 0.306 e. The van der Waals surface area contributed by atoms with Crippen LogP contribution in [0.2, 0.25) is 0 Å². The predicted octanol–water partition coefficient (Wildman–Crippen LogP) is 5.47. The third kappa shape index (κ3) is 4.44. The summed E-state index contributed by atoms with van der Waals surface area (Å²) < 4.78 is 5.06. The average molecular weight is 621 g/mol. The summed E-state index contributed by atoms with van der Waals surface area (Å²) >= 11 is 14.8. The van der Waals surface area contributed by atoms with E-state index in [0.29, 0.717) is 19.3 Å². The summed E-state index contributed by atoms with van der Waals surface area (Å²) in [4.78, 5) is 61.1. The van der Waals surface area contributed by atoms with Crippen LogP contribution in [0.15, 0.2) is 72.8 Å². The molecule has 0 unspecified atom stereocenters. The molecule has 0 aromatic heterocycles. The minimum Gasteiger partial charge on any atom is -0.457 e. The Bertz CT molecular complexity index is 1550. The molecular formula is C32H26Cl2N2O7. The van der Waals surface area contributed by atoms with Crippen LogP contribution in [0.5, 0.6) is 0 Å². The van der Waals surface area contributed by atoms with E-state index in [4.69, 9.17) is 27.9 Å². The summed E-state index contributed by atoms with van der Waals surface area (Å²) in [6, 6.07) is 20.0. The number of benzene rings is 3. The quantitative estimate of drug-likeness (QED) is 0.0559. The van der Waals surface area contributed by atoms with Gasteiger partial charge in [-0.05, 0) is 47.2 Å². The second-order valence-electron chi connectivity index (χ2n) is 11.0. The van der Waals surface area contributed by atoms with Crippen molar-refractivity contribution in [3.63, 3.8) is 0 Å². The second kappa shape index (κ2) is 10.9. The molecule has 4 aliphatic rings. The number of hydrogen-bond acceptors (Lipinski definition) is 7. The fourth-order valence-electron chi connectivity index (χ4n) is 6.73. The standard InChI is InChI=1S/C32H26Cl2N2O7/c33-31-21-8-3-4-9-22(21)32(34,24-11-6-5-10-23(24)31)28-27(31)29(39)35(30(28)40)17-7-1-2-12-26(38)43-18-25(37)19-13-15-20(16-14-19)36(41)42/h3-6,8-11,13-16,27-28H,1-2,7,12,17-18H2/t27-,28+,31?,32?. The number of nitrogens with zero attached hydrogens (tertiary/aromatic N) is 2. The van der Waals surface area contributed by atoms with Gasteiger partial charge in [0, 0.05) is 30.7 Å². The molecule has 0 N–H and O–H groups in total. The van der Waals surface area contributed by atoms with Crippen molar-refractivity contribution in [3.8, 4) is 0 Å². The molecular weight excluding hydrogens is 595 g/mol. The molecule has 2 amide bonds. The van der Waals surface area contributed by atoms with E-state index < -0.39 is 44.9 Å². The van der Waals surface area contributed by atoms with Gasteiger partial charge in [0.1, 0.15) is 9.75 Å². The van der Waals surface area contributed by atoms with Gasteiger partial charge in [0.05, 0.1) is 16.8 Å². The topological polar surface area (TPSA) is 124 Å². The Balaban J connectivity index is 1.06. The van der Waals surface area contributed by atoms with E-state index in [1.165, 1.54) is 29.2 Å². The molecule has 11 heteroatoms. The van der Waals surface area contributed by atoms with Crippen molar-refractivity contribution in [2.24, 2.45) is 11.8 Å². The van der Waals surface area contributed by atoms with Crippen LogP contribution in [-0.2, 0) is 28.9 Å². The maximum atomic E-state index is 13.8. The Morgan fingerprint density at radius 1 is 0.791 bits per heavy atom. The summed E-state index contributed by atoms with van der Waals surface area (Å²) in [7, 11) is 0. The summed E-state index contributed by atoms with van der Waals surface area (Å²) in [5.74, 6) is -3.40. The number of rotatable bonds is 10. The number of carbonyl (C=O) groups excluding carboxylic acids is 4. The number of Topliss-reactive ketones (excluding diaryl/α,β-unsaturated/α-hetero) is 1. The Morgan fingerprint density at radius 2 is 1.28 bits per heavy atom. The molecule has 3 aromatic rings. The smallest absolute Gasteiger partial charge is 0.306 e. The molecule has 2 atom stereocenters. The number of likely N-dealkylation sites (tertiary alicyclic amines) is 1. The number of unbranched alkanes of at least 4 members (excludes halogenated alkanes) is 2. The van der Waals surface area contributed by atoms with Gasteiger partial charge in [-0.15, -0.1) is 23.2 Å². The van der Waals surface area contributed by atoms with Gasteiger partial charge in [0.25, 0.3) is 5.69 Å². The molecule has 1 fully saturated rings. The van der Waals surface area contributed by atoms with Crippen LogP contribution in [0.3, 0.4) is 0 Å². The Labute approximate surface area is 256 Å². The number of ether oxygens (including phenoxy) is 1. The molecule has 3 aliphatic carbocycles. The zero-order valence-electron chi connectivity index (χ0n) is 22.8. The molecule has 9 nitrogen and oxygen atoms in total. The molecule has 0 radical (unpaired) electrons. The molecule has 220 valence electrons. The number of carbonyl (C=O) groups is 4. The zero-order valence-corrected chi connectivity index (χ0v) is 24.3. The predicted molar refractivity (Wildman–Crippen MR) is 157 cm³/mol. The first-order chi connectivity index (χ1) is 20.6. The molecule has 43 heavy (non-hydrogen) atoms. The number of imide groups is 1. The number of amides is 2. The van der Waals surface area contributed by atoms with E-state index in [1.807, 2.05) is 48.5 Å². The molecule has 1 aliphatic heterocycles. The fraction of sp³-hybridized carbons (Fsp3) is 0.312. The lowest BCUT2D eigenvalue weighted by molar-refractivity contribution is -0.384. The van der Waals surface area contributed by atoms with Crippen LogP contribution in [0, 0.1) is 22.0 Å². The highest BCUT2D eigenvalue weighted by Crippen LogP contribution is 2.69. The number of nitro groups is 1. The largest absolute Gasteiger partial charge is 0.457 e. The van der Waals surface area contributed by atoms with Crippen LogP contribution in [0.1, 0.15) is 58.3 Å². The summed E-state index contributed by atoms with van der Waals surface area (Å²) in [6.45, 7) is -0.299. The van der Waals surface area contributed by atoms with Crippen LogP contribution >= 0.6 is 23.2 Å². The first kappa shape index (κ1) is 29.0. The van der Waals surface area contributed by atoms with E-state index in [1.54, 1.807) is 0 Å². The first-order valence-electron chi connectivity index (χ1n) is 14.0. The van der Waals surface area contributed by atoms with Crippen LogP contribution in [-0.4, -0.2) is 46.5 Å². The van der Waals surface area contributed by atoms with E-state index in [0.717, 1.165) is 22.3 Å². The van der Waals surface area contributed by atoms with Gasteiger partial charge in [-0.25, -0.2) is 0 Å². The van der Waals surface area contributed by atoms with E-state index in [9.17, 15) is 29.3 Å². The highest BCUT2D eigenvalue weighted by molar-refractivity contribution is 6.36. The van der Waals surface area contributed by atoms with Crippen molar-refractivity contribution in [1.29, 1.82) is 0 Å². The summed E-state index contributed by atoms with van der Waals surface area (Å²) in [5.41, 5.74) is 3.06. The van der Waals surface area contributed by atoms with Gasteiger partial charge >= 0.3 is 5.97 Å². The van der Waals surface area contributed by atoms with Crippen molar-refractivity contribution in [2.45, 2.75) is 35.4 Å². The number of hydrogen-bond donors (Lipinski definition) is 0. The lowest BCUT2D eigenvalue weighted by atomic mass is 9.54. The van der Waals surface area contributed by atoms with Gasteiger partial charge in [-0.1, -0.05) is 55.0 Å². The van der Waals surface area contributed by atoms with Crippen molar-refractivity contribution in [2.75, 3.05) is 13.2 Å². The monoisotopic (exact) mass is 620 g/mol. The van der Waals surface area contributed by atoms with Gasteiger partial charge in [0.2, 0.25) is 11.8 Å². The number of nitro benzene ring substituents is 1. The third-order valence-electron chi connectivity index (χ3n) is 8.70. The molecule has 2 bridgehead atoms. The lowest BCUT2D eigenvalue weighted by Gasteiger charge is -2.54. The second-order valence-corrected chi connectivity index (χ2v) is 12.2. The molecule has 1 saturated heterocycles. The average Bonchev–Trinajstić information content (AvgIpc) is 3.28. The number of ketones is 1. The van der Waals surface area contributed by atoms with Crippen LogP contribution < -0.4 is 0 Å². The number of halogens is 2. The first-order valence-corrected chi connectivity index (χ1v) is 14.7. The summed E-state index contributed by atoms with van der Waals surface area (Å²) in [5, 5.41) is 10.8. The highest BCUT2D eigenvalue weighted by atomic mass is 35.5.